The van der Waals surface area contributed by atoms with Crippen LogP contribution in [0, 0.1) is 6.92 Å². The van der Waals surface area contributed by atoms with Crippen LogP contribution in [0.25, 0.3) is 0 Å². The summed E-state index contributed by atoms with van der Waals surface area (Å²) in [5, 5.41) is 0. The molecule has 0 saturated carbocycles. The summed E-state index contributed by atoms with van der Waals surface area (Å²) in [7, 11) is -3.60. The topological polar surface area (TPSA) is 75.7 Å². The molecule has 1 aliphatic rings. The van der Waals surface area contributed by atoms with Gasteiger partial charge in [-0.15, -0.1) is 0 Å². The number of nitrogens with one attached hydrogen (secondary N) is 1. The number of sulfonamides is 1. The molecule has 1 heterocycles. The number of carbonyl (C=O) groups is 1. The Bertz CT molecular complexity index is 867. The van der Waals surface area contributed by atoms with E-state index in [0.717, 1.165) is 24.0 Å². The van der Waals surface area contributed by atoms with Crippen LogP contribution in [-0.4, -0.2) is 38.5 Å². The number of ether oxygens (including phenoxy) is 1. The summed E-state index contributed by atoms with van der Waals surface area (Å²) >= 11 is 0. The maximum atomic E-state index is 12.4. The van der Waals surface area contributed by atoms with Gasteiger partial charge in [-0.2, -0.15) is 0 Å². The normalized spacial score (nSPS) is 17.1. The van der Waals surface area contributed by atoms with Gasteiger partial charge in [-0.05, 0) is 37.5 Å². The molecule has 0 radical (unpaired) electrons. The van der Waals surface area contributed by atoms with Gasteiger partial charge in [0.25, 0.3) is 0 Å². The fourth-order valence-electron chi connectivity index (χ4n) is 3.10. The molecule has 0 unspecified atom stereocenters. The van der Waals surface area contributed by atoms with E-state index in [2.05, 4.69) is 4.72 Å². The minimum atomic E-state index is -3.60. The molecule has 1 N–H and O–H groups in total. The molecule has 3 rings (SSSR count). The Kier molecular flexibility index (Phi) is 6.13. The lowest BCUT2D eigenvalue weighted by atomic mass is 10.2. The van der Waals surface area contributed by atoms with E-state index >= 15 is 0 Å². The summed E-state index contributed by atoms with van der Waals surface area (Å²) in [6.07, 6.45) is 1.17. The second-order valence-corrected chi connectivity index (χ2v) is 8.46. The summed E-state index contributed by atoms with van der Waals surface area (Å²) in [5.74, 6) is 0. The van der Waals surface area contributed by atoms with Crippen molar-refractivity contribution < 1.29 is 17.9 Å². The fraction of sp³-hybridized carbons (Fsp3) is 0.350. The largest absolute Gasteiger partial charge is 0.445 e. The molecule has 7 heteroatoms. The molecule has 1 aliphatic heterocycles. The first kappa shape index (κ1) is 19.4. The highest BCUT2D eigenvalue weighted by Gasteiger charge is 2.31. The standard InChI is InChI=1S/C20H24N2O4S/c1-16-9-11-19(12-10-16)27(24,25)21-14-18-8-5-13-22(18)20(23)26-15-17-6-3-2-4-7-17/h2-4,6-7,9-12,18,21H,5,8,13-15H2,1H3/t18-/m0/s1. The highest BCUT2D eigenvalue weighted by Crippen LogP contribution is 2.19. The predicted molar refractivity (Wildman–Crippen MR) is 103 cm³/mol. The number of carbonyl (C=O) groups excluding carboxylic acids is 1. The summed E-state index contributed by atoms with van der Waals surface area (Å²) in [6, 6.07) is 16.0. The number of hydrogen-bond acceptors (Lipinski definition) is 4. The number of nitrogens with zero attached hydrogens (tertiary/aromatic N) is 1. The molecule has 0 aliphatic carbocycles. The summed E-state index contributed by atoms with van der Waals surface area (Å²) in [4.78, 5) is 14.2. The fourth-order valence-corrected chi connectivity index (χ4v) is 4.17. The molecule has 1 amide bonds. The van der Waals surface area contributed by atoms with Crippen LogP contribution in [0.4, 0.5) is 4.79 Å². The molecule has 1 fully saturated rings. The predicted octanol–water partition coefficient (Wildman–Crippen LogP) is 3.07. The molecule has 144 valence electrons. The van der Waals surface area contributed by atoms with Crippen LogP contribution < -0.4 is 4.72 Å². The van der Waals surface area contributed by atoms with Crippen molar-refractivity contribution in [3.63, 3.8) is 0 Å². The van der Waals surface area contributed by atoms with Gasteiger partial charge in [-0.1, -0.05) is 48.0 Å². The van der Waals surface area contributed by atoms with Gasteiger partial charge in [0, 0.05) is 19.1 Å². The Morgan fingerprint density at radius 2 is 1.85 bits per heavy atom. The van der Waals surface area contributed by atoms with E-state index in [4.69, 9.17) is 4.74 Å². The Hall–Kier alpha value is -2.38. The molecule has 0 aromatic heterocycles. The van der Waals surface area contributed by atoms with E-state index in [1.54, 1.807) is 29.2 Å². The van der Waals surface area contributed by atoms with Crippen molar-refractivity contribution in [1.82, 2.24) is 9.62 Å². The molecule has 2 aromatic carbocycles. The van der Waals surface area contributed by atoms with Crippen molar-refractivity contribution in [2.75, 3.05) is 13.1 Å². The van der Waals surface area contributed by atoms with Crippen LogP contribution in [-0.2, 0) is 21.4 Å². The van der Waals surface area contributed by atoms with E-state index in [1.807, 2.05) is 37.3 Å². The van der Waals surface area contributed by atoms with Crippen LogP contribution in [0.1, 0.15) is 24.0 Å². The molecule has 27 heavy (non-hydrogen) atoms. The van der Waals surface area contributed by atoms with Crippen molar-refractivity contribution in [2.24, 2.45) is 0 Å². The molecular formula is C20H24N2O4S. The number of amides is 1. The molecule has 0 bridgehead atoms. The SMILES string of the molecule is Cc1ccc(S(=O)(=O)NC[C@@H]2CCCN2C(=O)OCc2ccccc2)cc1. The lowest BCUT2D eigenvalue weighted by Crippen LogP contribution is -2.43. The highest BCUT2D eigenvalue weighted by atomic mass is 32.2. The minimum absolute atomic E-state index is 0.177. The van der Waals surface area contributed by atoms with E-state index in [0.29, 0.717) is 6.54 Å². The maximum absolute atomic E-state index is 12.4. The lowest BCUT2D eigenvalue weighted by Gasteiger charge is -2.24. The summed E-state index contributed by atoms with van der Waals surface area (Å²) in [6.45, 7) is 2.86. The average Bonchev–Trinajstić information content (AvgIpc) is 3.14. The molecule has 1 saturated heterocycles. The van der Waals surface area contributed by atoms with Crippen molar-refractivity contribution in [2.45, 2.75) is 37.3 Å². The first-order valence-electron chi connectivity index (χ1n) is 8.99. The van der Waals surface area contributed by atoms with Gasteiger partial charge in [0.2, 0.25) is 10.0 Å². The van der Waals surface area contributed by atoms with Gasteiger partial charge in [0.15, 0.2) is 0 Å². The number of aryl methyl sites for hydroxylation is 1. The molecule has 2 aromatic rings. The van der Waals surface area contributed by atoms with E-state index in [-0.39, 0.29) is 24.1 Å². The van der Waals surface area contributed by atoms with Crippen molar-refractivity contribution in [3.05, 3.63) is 65.7 Å². The van der Waals surface area contributed by atoms with Crippen LogP contribution in [0.3, 0.4) is 0 Å². The third-order valence-electron chi connectivity index (χ3n) is 4.66. The van der Waals surface area contributed by atoms with Crippen molar-refractivity contribution in [3.8, 4) is 0 Å². The van der Waals surface area contributed by atoms with Crippen molar-refractivity contribution >= 4 is 16.1 Å². The number of rotatable bonds is 6. The van der Waals surface area contributed by atoms with E-state index in [9.17, 15) is 13.2 Å². The van der Waals surface area contributed by atoms with Gasteiger partial charge in [0.1, 0.15) is 6.61 Å². The van der Waals surface area contributed by atoms with Crippen LogP contribution in [0.15, 0.2) is 59.5 Å². The molecular weight excluding hydrogens is 364 g/mol. The number of benzene rings is 2. The van der Waals surface area contributed by atoms with Crippen LogP contribution in [0.5, 0.6) is 0 Å². The van der Waals surface area contributed by atoms with Gasteiger partial charge in [-0.3, -0.25) is 0 Å². The Balaban J connectivity index is 1.56. The quantitative estimate of drug-likeness (QED) is 0.825. The maximum Gasteiger partial charge on any atom is 0.410 e. The number of hydrogen-bond donors (Lipinski definition) is 1. The third kappa shape index (κ3) is 5.08. The summed E-state index contributed by atoms with van der Waals surface area (Å²) < 4.78 is 32.9. The van der Waals surface area contributed by atoms with E-state index < -0.39 is 16.1 Å². The van der Waals surface area contributed by atoms with Gasteiger partial charge in [-0.25, -0.2) is 17.9 Å². The van der Waals surface area contributed by atoms with Gasteiger partial charge in [0.05, 0.1) is 4.90 Å². The smallest absolute Gasteiger partial charge is 0.410 e. The average molecular weight is 388 g/mol. The monoisotopic (exact) mass is 388 g/mol. The molecule has 1 atom stereocenters. The van der Waals surface area contributed by atoms with Gasteiger partial charge >= 0.3 is 6.09 Å². The highest BCUT2D eigenvalue weighted by molar-refractivity contribution is 7.89. The van der Waals surface area contributed by atoms with Crippen LogP contribution >= 0.6 is 0 Å². The number of likely N-dealkylation sites (tertiary alicyclic amines) is 1. The minimum Gasteiger partial charge on any atom is -0.445 e. The molecule has 0 spiro atoms. The summed E-state index contributed by atoms with van der Waals surface area (Å²) in [5.41, 5.74) is 1.92. The second-order valence-electron chi connectivity index (χ2n) is 6.69. The van der Waals surface area contributed by atoms with Crippen molar-refractivity contribution in [1.29, 1.82) is 0 Å². The first-order valence-corrected chi connectivity index (χ1v) is 10.5. The third-order valence-corrected chi connectivity index (χ3v) is 6.10. The lowest BCUT2D eigenvalue weighted by molar-refractivity contribution is 0.0926. The Morgan fingerprint density at radius 1 is 1.15 bits per heavy atom. The zero-order valence-electron chi connectivity index (χ0n) is 15.3. The van der Waals surface area contributed by atoms with Gasteiger partial charge < -0.3 is 9.64 Å². The zero-order valence-corrected chi connectivity index (χ0v) is 16.1. The molecule has 6 nitrogen and oxygen atoms in total. The van der Waals surface area contributed by atoms with E-state index in [1.165, 1.54) is 0 Å². The zero-order chi connectivity index (χ0) is 19.3. The second kappa shape index (κ2) is 8.54. The first-order chi connectivity index (χ1) is 13.0. The van der Waals surface area contributed by atoms with Crippen LogP contribution in [0.2, 0.25) is 0 Å². The Morgan fingerprint density at radius 3 is 2.56 bits per heavy atom. The Labute approximate surface area is 160 Å².